The Morgan fingerprint density at radius 1 is 1.19 bits per heavy atom. The number of amides is 1. The van der Waals surface area contributed by atoms with Gasteiger partial charge in [0.15, 0.2) is 0 Å². The van der Waals surface area contributed by atoms with E-state index in [1.165, 1.54) is 25.3 Å². The third kappa shape index (κ3) is 4.88. The van der Waals surface area contributed by atoms with Crippen LogP contribution in [0.25, 0.3) is 0 Å². The zero-order chi connectivity index (χ0) is 19.3. The van der Waals surface area contributed by atoms with E-state index in [9.17, 15) is 13.2 Å². The second-order valence-electron chi connectivity index (χ2n) is 5.43. The first-order chi connectivity index (χ1) is 12.3. The number of carbonyl (C=O) groups is 1. The minimum absolute atomic E-state index is 0.0592. The monoisotopic (exact) mass is 416 g/mol. The first-order valence-corrected chi connectivity index (χ1v) is 9.85. The molecule has 0 radical (unpaired) electrons. The molecule has 0 fully saturated rings. The lowest BCUT2D eigenvalue weighted by Crippen LogP contribution is -2.28. The summed E-state index contributed by atoms with van der Waals surface area (Å²) in [7, 11) is -2.42. The Morgan fingerprint density at radius 2 is 1.92 bits per heavy atom. The van der Waals surface area contributed by atoms with Crippen LogP contribution in [0.4, 0.5) is 5.69 Å². The van der Waals surface area contributed by atoms with Crippen LogP contribution in [-0.4, -0.2) is 34.6 Å². The van der Waals surface area contributed by atoms with Crippen molar-refractivity contribution >= 4 is 44.8 Å². The molecule has 1 amide bonds. The SMILES string of the molecule is COCCNC(=O)c1cc(S(=O)(=O)Nc2cccc(Cl)c2Cl)ccc1C. The molecule has 6 nitrogen and oxygen atoms in total. The molecule has 0 unspecified atom stereocenters. The van der Waals surface area contributed by atoms with E-state index in [1.807, 2.05) is 0 Å². The quantitative estimate of drug-likeness (QED) is 0.676. The van der Waals surface area contributed by atoms with Crippen molar-refractivity contribution in [2.75, 3.05) is 25.0 Å². The van der Waals surface area contributed by atoms with Crippen LogP contribution in [0.15, 0.2) is 41.3 Å². The lowest BCUT2D eigenvalue weighted by Gasteiger charge is -2.13. The fourth-order valence-corrected chi connectivity index (χ4v) is 3.66. The van der Waals surface area contributed by atoms with Crippen LogP contribution >= 0.6 is 23.2 Å². The summed E-state index contributed by atoms with van der Waals surface area (Å²) in [5, 5.41) is 3.00. The van der Waals surface area contributed by atoms with Crippen LogP contribution < -0.4 is 10.0 Å². The number of anilines is 1. The first kappa shape index (κ1) is 20.5. The van der Waals surface area contributed by atoms with Crippen molar-refractivity contribution in [1.82, 2.24) is 5.32 Å². The van der Waals surface area contributed by atoms with Crippen molar-refractivity contribution in [2.45, 2.75) is 11.8 Å². The molecule has 140 valence electrons. The Bertz CT molecular complexity index is 917. The number of rotatable bonds is 7. The highest BCUT2D eigenvalue weighted by atomic mass is 35.5. The van der Waals surface area contributed by atoms with Gasteiger partial charge in [-0.05, 0) is 36.8 Å². The number of methoxy groups -OCH3 is 1. The third-order valence-electron chi connectivity index (χ3n) is 3.55. The topological polar surface area (TPSA) is 84.5 Å². The van der Waals surface area contributed by atoms with Crippen molar-refractivity contribution in [3.8, 4) is 0 Å². The van der Waals surface area contributed by atoms with E-state index in [0.29, 0.717) is 18.7 Å². The largest absolute Gasteiger partial charge is 0.383 e. The van der Waals surface area contributed by atoms with E-state index in [0.717, 1.165) is 0 Å². The summed E-state index contributed by atoms with van der Waals surface area (Å²) in [6.45, 7) is 2.41. The van der Waals surface area contributed by atoms with Gasteiger partial charge in [-0.2, -0.15) is 0 Å². The van der Waals surface area contributed by atoms with Crippen LogP contribution in [0.2, 0.25) is 10.0 Å². The van der Waals surface area contributed by atoms with Crippen molar-refractivity contribution in [3.63, 3.8) is 0 Å². The molecule has 0 bridgehead atoms. The Hall–Kier alpha value is -1.80. The predicted octanol–water partition coefficient (Wildman–Crippen LogP) is 3.48. The standard InChI is InChI=1S/C17H18Cl2N2O4S/c1-11-6-7-12(10-13(11)17(22)20-8-9-25-2)26(23,24)21-15-5-3-4-14(18)16(15)19/h3-7,10,21H,8-9H2,1-2H3,(H,20,22). The molecule has 2 N–H and O–H groups in total. The van der Waals surface area contributed by atoms with Gasteiger partial charge in [0, 0.05) is 19.2 Å². The Labute approximate surface area is 162 Å². The number of nitrogens with one attached hydrogen (secondary N) is 2. The fraction of sp³-hybridized carbons (Fsp3) is 0.235. The smallest absolute Gasteiger partial charge is 0.261 e. The molecule has 0 aliphatic heterocycles. The highest BCUT2D eigenvalue weighted by Gasteiger charge is 2.19. The second-order valence-corrected chi connectivity index (χ2v) is 7.90. The molecule has 2 rings (SSSR count). The average molecular weight is 417 g/mol. The molecule has 2 aromatic carbocycles. The Balaban J connectivity index is 2.31. The van der Waals surface area contributed by atoms with Crippen molar-refractivity contribution in [3.05, 3.63) is 57.6 Å². The average Bonchev–Trinajstić information content (AvgIpc) is 2.59. The molecule has 0 atom stereocenters. The first-order valence-electron chi connectivity index (χ1n) is 7.61. The molecular weight excluding hydrogens is 399 g/mol. The maximum Gasteiger partial charge on any atom is 0.261 e. The molecule has 2 aromatic rings. The van der Waals surface area contributed by atoms with Gasteiger partial charge >= 0.3 is 0 Å². The van der Waals surface area contributed by atoms with E-state index < -0.39 is 10.0 Å². The maximum absolute atomic E-state index is 12.6. The summed E-state index contributed by atoms with van der Waals surface area (Å²) >= 11 is 11.9. The third-order valence-corrected chi connectivity index (χ3v) is 5.73. The van der Waals surface area contributed by atoms with Gasteiger partial charge in [0.2, 0.25) is 0 Å². The number of aryl methyl sites for hydroxylation is 1. The summed E-state index contributed by atoms with van der Waals surface area (Å²) in [5.41, 5.74) is 1.08. The molecule has 0 spiro atoms. The van der Waals surface area contributed by atoms with Crippen LogP contribution in [0, 0.1) is 6.92 Å². The van der Waals surface area contributed by atoms with Gasteiger partial charge in [-0.15, -0.1) is 0 Å². The van der Waals surface area contributed by atoms with E-state index >= 15 is 0 Å². The number of benzene rings is 2. The Morgan fingerprint density at radius 3 is 2.62 bits per heavy atom. The van der Waals surface area contributed by atoms with Crippen LogP contribution in [0.1, 0.15) is 15.9 Å². The van der Waals surface area contributed by atoms with E-state index in [1.54, 1.807) is 25.1 Å². The van der Waals surface area contributed by atoms with Crippen molar-refractivity contribution in [2.24, 2.45) is 0 Å². The van der Waals surface area contributed by atoms with Gasteiger partial charge in [0.25, 0.3) is 15.9 Å². The van der Waals surface area contributed by atoms with E-state index in [2.05, 4.69) is 10.0 Å². The summed E-state index contributed by atoms with van der Waals surface area (Å²) in [6, 6.07) is 8.93. The lowest BCUT2D eigenvalue weighted by molar-refractivity contribution is 0.0936. The van der Waals surface area contributed by atoms with Gasteiger partial charge < -0.3 is 10.1 Å². The summed E-state index contributed by atoms with van der Waals surface area (Å²) in [6.07, 6.45) is 0. The van der Waals surface area contributed by atoms with Gasteiger partial charge in [0.1, 0.15) is 0 Å². The minimum Gasteiger partial charge on any atom is -0.383 e. The van der Waals surface area contributed by atoms with Crippen LogP contribution in [0.3, 0.4) is 0 Å². The van der Waals surface area contributed by atoms with Gasteiger partial charge in [-0.25, -0.2) is 8.42 Å². The molecule has 0 aromatic heterocycles. The number of ether oxygens (including phenoxy) is 1. The summed E-state index contributed by atoms with van der Waals surface area (Å²) in [5.74, 6) is -0.377. The maximum atomic E-state index is 12.6. The minimum atomic E-state index is -3.95. The van der Waals surface area contributed by atoms with Crippen molar-refractivity contribution < 1.29 is 17.9 Å². The van der Waals surface area contributed by atoms with Crippen LogP contribution in [0.5, 0.6) is 0 Å². The van der Waals surface area contributed by atoms with Crippen LogP contribution in [-0.2, 0) is 14.8 Å². The fourth-order valence-electron chi connectivity index (χ4n) is 2.16. The number of sulfonamides is 1. The zero-order valence-corrected chi connectivity index (χ0v) is 16.5. The lowest BCUT2D eigenvalue weighted by atomic mass is 10.1. The molecular formula is C17H18Cl2N2O4S. The Kier molecular flexibility index (Phi) is 6.88. The molecule has 0 saturated carbocycles. The molecule has 0 saturated heterocycles. The number of hydrogen-bond donors (Lipinski definition) is 2. The number of hydrogen-bond acceptors (Lipinski definition) is 4. The molecule has 0 aliphatic rings. The predicted molar refractivity (Wildman–Crippen MR) is 103 cm³/mol. The summed E-state index contributed by atoms with van der Waals surface area (Å²) < 4.78 is 32.6. The molecule has 9 heteroatoms. The second kappa shape index (κ2) is 8.73. The van der Waals surface area contributed by atoms with E-state index in [-0.39, 0.29) is 32.1 Å². The van der Waals surface area contributed by atoms with Gasteiger partial charge in [-0.3, -0.25) is 9.52 Å². The molecule has 26 heavy (non-hydrogen) atoms. The number of carbonyl (C=O) groups excluding carboxylic acids is 1. The number of halogens is 2. The van der Waals surface area contributed by atoms with Crippen molar-refractivity contribution in [1.29, 1.82) is 0 Å². The normalized spacial score (nSPS) is 11.2. The molecule has 0 aliphatic carbocycles. The van der Waals surface area contributed by atoms with Gasteiger partial charge in [-0.1, -0.05) is 35.3 Å². The summed E-state index contributed by atoms with van der Waals surface area (Å²) in [4.78, 5) is 12.2. The highest BCUT2D eigenvalue weighted by molar-refractivity contribution is 7.92. The van der Waals surface area contributed by atoms with Gasteiger partial charge in [0.05, 0.1) is 27.2 Å². The zero-order valence-electron chi connectivity index (χ0n) is 14.2. The highest BCUT2D eigenvalue weighted by Crippen LogP contribution is 2.31. The molecule has 0 heterocycles. The van der Waals surface area contributed by atoms with E-state index in [4.69, 9.17) is 27.9 Å².